The number of rotatable bonds is 6. The van der Waals surface area contributed by atoms with Gasteiger partial charge in [0.05, 0.1) is 7.11 Å². The van der Waals surface area contributed by atoms with Crippen molar-refractivity contribution >= 4 is 28.0 Å². The van der Waals surface area contributed by atoms with Gasteiger partial charge < -0.3 is 18.9 Å². The van der Waals surface area contributed by atoms with Gasteiger partial charge in [-0.05, 0) is 17.2 Å². The normalized spacial score (nSPS) is 12.4. The Balaban J connectivity index is 2.05. The first-order valence-electron chi connectivity index (χ1n) is 7.68. The van der Waals surface area contributed by atoms with E-state index in [1.165, 1.54) is 7.11 Å². The van der Waals surface area contributed by atoms with Crippen molar-refractivity contribution in [2.24, 2.45) is 0 Å². The molecule has 1 aliphatic rings. The van der Waals surface area contributed by atoms with Gasteiger partial charge in [-0.15, -0.1) is 0 Å². The maximum Gasteiger partial charge on any atom is 0.342 e. The van der Waals surface area contributed by atoms with Gasteiger partial charge in [0.25, 0.3) is 0 Å². The van der Waals surface area contributed by atoms with E-state index in [-0.39, 0.29) is 6.79 Å². The number of alkyl halides is 1. The van der Waals surface area contributed by atoms with Gasteiger partial charge in [0.2, 0.25) is 12.5 Å². The molecule has 0 N–H and O–H groups in total. The molecule has 0 amide bonds. The minimum atomic E-state index is -0.490. The van der Waals surface area contributed by atoms with Crippen molar-refractivity contribution in [1.29, 1.82) is 0 Å². The van der Waals surface area contributed by atoms with E-state index in [1.54, 1.807) is 6.07 Å². The summed E-state index contributed by atoms with van der Waals surface area (Å²) in [7, 11) is 1.34. The van der Waals surface area contributed by atoms with E-state index in [2.05, 4.69) is 15.9 Å². The first-order valence-corrected chi connectivity index (χ1v) is 8.81. The maximum atomic E-state index is 12.4. The third-order valence-electron chi connectivity index (χ3n) is 3.65. The number of esters is 1. The highest BCUT2D eigenvalue weighted by molar-refractivity contribution is 9.09. The fourth-order valence-electron chi connectivity index (χ4n) is 2.51. The predicted molar refractivity (Wildman–Crippen MR) is 97.5 cm³/mol. The van der Waals surface area contributed by atoms with E-state index in [4.69, 9.17) is 18.9 Å². The highest BCUT2D eigenvalue weighted by Gasteiger charge is 2.29. The molecule has 2 aromatic rings. The number of benzene rings is 2. The van der Waals surface area contributed by atoms with Crippen molar-refractivity contribution < 1.29 is 23.7 Å². The number of ether oxygens (including phenoxy) is 4. The van der Waals surface area contributed by atoms with Gasteiger partial charge in [-0.3, -0.25) is 0 Å². The molecule has 0 bridgehead atoms. The number of halogens is 1. The Morgan fingerprint density at radius 3 is 2.80 bits per heavy atom. The van der Waals surface area contributed by atoms with E-state index >= 15 is 0 Å². The van der Waals surface area contributed by atoms with Crippen LogP contribution in [-0.2, 0) is 11.3 Å². The van der Waals surface area contributed by atoms with Crippen molar-refractivity contribution in [2.75, 3.05) is 19.2 Å². The Morgan fingerprint density at radius 2 is 2.08 bits per heavy atom. The lowest BCUT2D eigenvalue weighted by molar-refractivity contribution is 0.0594. The second-order valence-corrected chi connectivity index (χ2v) is 5.87. The van der Waals surface area contributed by atoms with Crippen molar-refractivity contribution in [3.63, 3.8) is 0 Å². The number of hydrogen-bond donors (Lipinski definition) is 0. The quantitative estimate of drug-likeness (QED) is 0.533. The van der Waals surface area contributed by atoms with E-state index in [0.29, 0.717) is 40.3 Å². The summed E-state index contributed by atoms with van der Waals surface area (Å²) < 4.78 is 21.9. The van der Waals surface area contributed by atoms with Gasteiger partial charge in [0.1, 0.15) is 12.2 Å². The fraction of sp³-hybridized carbons (Fsp3) is 0.211. The molecule has 0 atom stereocenters. The van der Waals surface area contributed by atoms with Crippen molar-refractivity contribution in [3.05, 3.63) is 59.2 Å². The zero-order valence-corrected chi connectivity index (χ0v) is 15.2. The minimum absolute atomic E-state index is 0.0866. The molecule has 130 valence electrons. The Hall–Kier alpha value is -2.47. The van der Waals surface area contributed by atoms with Crippen LogP contribution < -0.4 is 14.2 Å². The molecule has 25 heavy (non-hydrogen) atoms. The highest BCUT2D eigenvalue weighted by Crippen LogP contribution is 2.46. The molecule has 0 radical (unpaired) electrons. The average Bonchev–Trinajstić information content (AvgIpc) is 3.12. The molecule has 1 aliphatic heterocycles. The summed E-state index contributed by atoms with van der Waals surface area (Å²) in [6.07, 6.45) is 3.70. The summed E-state index contributed by atoms with van der Waals surface area (Å²) in [5, 5.41) is 0.655. The smallest absolute Gasteiger partial charge is 0.342 e. The zero-order chi connectivity index (χ0) is 17.6. The van der Waals surface area contributed by atoms with E-state index in [9.17, 15) is 4.79 Å². The minimum Gasteiger partial charge on any atom is -0.484 e. The summed E-state index contributed by atoms with van der Waals surface area (Å²) in [6, 6.07) is 11.4. The molecular weight excluding hydrogens is 388 g/mol. The number of hydrogen-bond acceptors (Lipinski definition) is 5. The second kappa shape index (κ2) is 8.07. The van der Waals surface area contributed by atoms with Gasteiger partial charge in [-0.1, -0.05) is 58.4 Å². The lowest BCUT2D eigenvalue weighted by Crippen LogP contribution is -2.09. The molecule has 0 aromatic heterocycles. The Bertz CT molecular complexity index is 786. The largest absolute Gasteiger partial charge is 0.484 e. The summed E-state index contributed by atoms with van der Waals surface area (Å²) in [4.78, 5) is 12.4. The molecule has 6 heteroatoms. The topological polar surface area (TPSA) is 54.0 Å². The Kier molecular flexibility index (Phi) is 5.60. The van der Waals surface area contributed by atoms with Crippen LogP contribution in [-0.4, -0.2) is 25.2 Å². The molecule has 2 aromatic carbocycles. The van der Waals surface area contributed by atoms with Crippen LogP contribution in [0.2, 0.25) is 0 Å². The molecule has 0 fully saturated rings. The number of methoxy groups -OCH3 is 1. The first-order chi connectivity index (χ1) is 12.2. The Morgan fingerprint density at radius 1 is 1.28 bits per heavy atom. The van der Waals surface area contributed by atoms with Crippen LogP contribution in [0, 0.1) is 0 Å². The number of fused-ring (bicyclic) bond motifs is 1. The summed E-state index contributed by atoms with van der Waals surface area (Å²) in [5.74, 6) is 0.813. The zero-order valence-electron chi connectivity index (χ0n) is 13.7. The van der Waals surface area contributed by atoms with Crippen LogP contribution in [0.5, 0.6) is 17.2 Å². The van der Waals surface area contributed by atoms with Gasteiger partial charge in [0, 0.05) is 5.33 Å². The van der Waals surface area contributed by atoms with Gasteiger partial charge in [0.15, 0.2) is 11.5 Å². The van der Waals surface area contributed by atoms with Crippen LogP contribution in [0.1, 0.15) is 21.5 Å². The van der Waals surface area contributed by atoms with Crippen molar-refractivity contribution in [3.8, 4) is 17.2 Å². The van der Waals surface area contributed by atoms with Gasteiger partial charge in [-0.25, -0.2) is 4.79 Å². The summed E-state index contributed by atoms with van der Waals surface area (Å²) >= 11 is 3.34. The molecule has 0 spiro atoms. The molecule has 0 saturated carbocycles. The molecule has 3 rings (SSSR count). The average molecular weight is 405 g/mol. The fourth-order valence-corrected chi connectivity index (χ4v) is 2.70. The first kappa shape index (κ1) is 17.4. The van der Waals surface area contributed by atoms with Crippen LogP contribution >= 0.6 is 15.9 Å². The third kappa shape index (κ3) is 3.79. The van der Waals surface area contributed by atoms with Crippen molar-refractivity contribution in [2.45, 2.75) is 6.61 Å². The van der Waals surface area contributed by atoms with E-state index in [0.717, 1.165) is 5.56 Å². The SMILES string of the molecule is COC(=O)c1c(/C=C/CBr)cc2c(c1OCc1ccccc1)OCO2. The second-order valence-electron chi connectivity index (χ2n) is 5.23. The lowest BCUT2D eigenvalue weighted by atomic mass is 10.0. The summed E-state index contributed by atoms with van der Waals surface area (Å²) in [6.45, 7) is 0.384. The third-order valence-corrected chi connectivity index (χ3v) is 4.03. The number of carbonyl (C=O) groups is 1. The lowest BCUT2D eigenvalue weighted by Gasteiger charge is -2.15. The Labute approximate surface area is 154 Å². The van der Waals surface area contributed by atoms with E-state index < -0.39 is 5.97 Å². The van der Waals surface area contributed by atoms with Crippen LogP contribution in [0.3, 0.4) is 0 Å². The summed E-state index contributed by atoms with van der Waals surface area (Å²) in [5.41, 5.74) is 1.95. The predicted octanol–water partition coefficient (Wildman–Crippen LogP) is 4.19. The van der Waals surface area contributed by atoms with Crippen LogP contribution in [0.25, 0.3) is 6.08 Å². The maximum absolute atomic E-state index is 12.4. The molecular formula is C19H17BrO5. The number of carbonyl (C=O) groups excluding carboxylic acids is 1. The molecule has 0 unspecified atom stereocenters. The van der Waals surface area contributed by atoms with Crippen LogP contribution in [0.15, 0.2) is 42.5 Å². The highest BCUT2D eigenvalue weighted by atomic mass is 79.9. The molecule has 0 aliphatic carbocycles. The monoisotopic (exact) mass is 404 g/mol. The van der Waals surface area contributed by atoms with Gasteiger partial charge >= 0.3 is 5.97 Å². The molecule has 0 saturated heterocycles. The van der Waals surface area contributed by atoms with Crippen LogP contribution in [0.4, 0.5) is 0 Å². The van der Waals surface area contributed by atoms with Gasteiger partial charge in [-0.2, -0.15) is 0 Å². The molecule has 5 nitrogen and oxygen atoms in total. The molecule has 1 heterocycles. The van der Waals surface area contributed by atoms with E-state index in [1.807, 2.05) is 42.5 Å². The standard InChI is InChI=1S/C19H17BrO5/c1-22-19(21)16-14(8-5-9-20)10-15-17(25-12-24-15)18(16)23-11-13-6-3-2-4-7-13/h2-8,10H,9,11-12H2,1H3/b8-5+. The van der Waals surface area contributed by atoms with Crippen molar-refractivity contribution in [1.82, 2.24) is 0 Å². The number of allylic oxidation sites excluding steroid dienone is 1.